The number of hydrogen-bond acceptors (Lipinski definition) is 4. The van der Waals surface area contributed by atoms with E-state index in [1.807, 2.05) is 6.92 Å². The van der Waals surface area contributed by atoms with Gasteiger partial charge in [0, 0.05) is 18.7 Å². The molecule has 1 aliphatic rings. The topological polar surface area (TPSA) is 64.3 Å². The number of rotatable bonds is 3. The van der Waals surface area contributed by atoms with Crippen LogP contribution in [-0.4, -0.2) is 32.5 Å². The Kier molecular flexibility index (Phi) is 5.08. The number of piperidine rings is 1. The molecule has 0 bridgehead atoms. The molecule has 0 saturated carbocycles. The van der Waals surface area contributed by atoms with Gasteiger partial charge in [-0.2, -0.15) is 0 Å². The van der Waals surface area contributed by atoms with Crippen LogP contribution < -0.4 is 11.2 Å². The number of amides is 1. The second-order valence-electron chi connectivity index (χ2n) is 7.17. The number of halogens is 2. The van der Waals surface area contributed by atoms with Gasteiger partial charge in [0.15, 0.2) is 0 Å². The molecule has 3 heterocycles. The molecule has 1 aromatic carbocycles. The van der Waals surface area contributed by atoms with Gasteiger partial charge in [-0.05, 0) is 49.8 Å². The molecule has 29 heavy (non-hydrogen) atoms. The van der Waals surface area contributed by atoms with E-state index in [-0.39, 0.29) is 28.9 Å². The highest BCUT2D eigenvalue weighted by molar-refractivity contribution is 7.17. The van der Waals surface area contributed by atoms with Crippen LogP contribution in [0.5, 0.6) is 0 Å². The SMILES string of the molecule is C[C@H]1CCCCN1C(=O)Cn1c(=O)n(-c2ccc(F)cc2F)c(=O)c2sccc21. The third-order valence-corrected chi connectivity index (χ3v) is 6.21. The van der Waals surface area contributed by atoms with Crippen molar-refractivity contribution in [2.75, 3.05) is 6.54 Å². The Hall–Kier alpha value is -2.81. The molecule has 9 heteroatoms. The van der Waals surface area contributed by atoms with Crippen molar-refractivity contribution >= 4 is 27.5 Å². The number of benzene rings is 1. The zero-order chi connectivity index (χ0) is 20.7. The first-order valence-corrected chi connectivity index (χ1v) is 10.2. The van der Waals surface area contributed by atoms with E-state index in [2.05, 4.69) is 0 Å². The highest BCUT2D eigenvalue weighted by Gasteiger charge is 2.25. The lowest BCUT2D eigenvalue weighted by molar-refractivity contribution is -0.135. The third-order valence-electron chi connectivity index (χ3n) is 5.32. The molecule has 1 atom stereocenters. The summed E-state index contributed by atoms with van der Waals surface area (Å²) in [5, 5.41) is 1.64. The Morgan fingerprint density at radius 1 is 1.21 bits per heavy atom. The molecule has 6 nitrogen and oxygen atoms in total. The first kappa shape index (κ1) is 19.5. The summed E-state index contributed by atoms with van der Waals surface area (Å²) in [4.78, 5) is 40.6. The number of carbonyl (C=O) groups is 1. The molecule has 1 amide bonds. The molecule has 0 N–H and O–H groups in total. The number of fused-ring (bicyclic) bond motifs is 1. The molecule has 152 valence electrons. The summed E-state index contributed by atoms with van der Waals surface area (Å²) in [7, 11) is 0. The van der Waals surface area contributed by atoms with Crippen molar-refractivity contribution in [1.82, 2.24) is 14.0 Å². The van der Waals surface area contributed by atoms with E-state index in [9.17, 15) is 23.2 Å². The summed E-state index contributed by atoms with van der Waals surface area (Å²) in [5.41, 5.74) is -1.53. The Morgan fingerprint density at radius 3 is 2.72 bits per heavy atom. The molecule has 4 rings (SSSR count). The molecule has 0 spiro atoms. The number of thiophene rings is 1. The van der Waals surface area contributed by atoms with Crippen molar-refractivity contribution in [3.05, 3.63) is 62.1 Å². The Labute approximate surface area is 168 Å². The first-order chi connectivity index (χ1) is 13.9. The molecule has 3 aromatic rings. The minimum absolute atomic E-state index is 0.0744. The number of likely N-dealkylation sites (tertiary alicyclic amines) is 1. The van der Waals surface area contributed by atoms with Crippen LogP contribution in [0.4, 0.5) is 8.78 Å². The van der Waals surface area contributed by atoms with Crippen LogP contribution in [0.25, 0.3) is 15.9 Å². The van der Waals surface area contributed by atoms with Gasteiger partial charge in [0.25, 0.3) is 5.56 Å². The van der Waals surface area contributed by atoms with Crippen LogP contribution in [0, 0.1) is 11.6 Å². The van der Waals surface area contributed by atoms with Gasteiger partial charge in [-0.3, -0.25) is 14.2 Å². The number of nitrogens with zero attached hydrogens (tertiary/aromatic N) is 3. The van der Waals surface area contributed by atoms with Crippen LogP contribution in [0.15, 0.2) is 39.2 Å². The zero-order valence-electron chi connectivity index (χ0n) is 15.7. The first-order valence-electron chi connectivity index (χ1n) is 9.36. The number of hydrogen-bond donors (Lipinski definition) is 0. The van der Waals surface area contributed by atoms with Gasteiger partial charge in [0.2, 0.25) is 5.91 Å². The monoisotopic (exact) mass is 419 g/mol. The number of aromatic nitrogens is 2. The summed E-state index contributed by atoms with van der Waals surface area (Å²) in [6.45, 7) is 2.34. The van der Waals surface area contributed by atoms with Gasteiger partial charge >= 0.3 is 5.69 Å². The predicted octanol–water partition coefficient (Wildman–Crippen LogP) is 2.89. The normalized spacial score (nSPS) is 17.1. The maximum atomic E-state index is 14.3. The average Bonchev–Trinajstić information content (AvgIpc) is 3.17. The molecular weight excluding hydrogens is 400 g/mol. The van der Waals surface area contributed by atoms with Crippen molar-refractivity contribution in [3.63, 3.8) is 0 Å². The maximum absolute atomic E-state index is 14.3. The smallest absolute Gasteiger partial charge is 0.336 e. The molecule has 1 saturated heterocycles. The van der Waals surface area contributed by atoms with Gasteiger partial charge < -0.3 is 4.90 Å². The standard InChI is InChI=1S/C20H19F2N3O3S/c1-12-4-2-3-8-23(12)17(26)11-24-16-7-9-29-18(16)19(27)25(20(24)28)15-6-5-13(21)10-14(15)22/h5-7,9-10,12H,2-4,8,11H2,1H3/t12-/m0/s1. The lowest BCUT2D eigenvalue weighted by Crippen LogP contribution is -2.46. The minimum atomic E-state index is -1.03. The largest absolute Gasteiger partial charge is 0.338 e. The fraction of sp³-hybridized carbons (Fsp3) is 0.350. The Bertz CT molecular complexity index is 1210. The van der Waals surface area contributed by atoms with Crippen LogP contribution in [0.3, 0.4) is 0 Å². The molecule has 1 fully saturated rings. The third kappa shape index (κ3) is 3.39. The van der Waals surface area contributed by atoms with Gasteiger partial charge in [-0.15, -0.1) is 11.3 Å². The summed E-state index contributed by atoms with van der Waals surface area (Å²) in [6.07, 6.45) is 2.85. The van der Waals surface area contributed by atoms with E-state index in [0.29, 0.717) is 22.7 Å². The second-order valence-corrected chi connectivity index (χ2v) is 8.09. The van der Waals surface area contributed by atoms with Gasteiger partial charge in [-0.1, -0.05) is 0 Å². The van der Waals surface area contributed by atoms with Crippen LogP contribution in [0.2, 0.25) is 0 Å². The quantitative estimate of drug-likeness (QED) is 0.656. The van der Waals surface area contributed by atoms with Gasteiger partial charge in [-0.25, -0.2) is 18.1 Å². The van der Waals surface area contributed by atoms with Crippen molar-refractivity contribution in [2.45, 2.75) is 38.8 Å². The molecule has 0 unspecified atom stereocenters. The average molecular weight is 419 g/mol. The summed E-state index contributed by atoms with van der Waals surface area (Å²) in [5.74, 6) is -2.06. The van der Waals surface area contributed by atoms with Crippen LogP contribution >= 0.6 is 11.3 Å². The Morgan fingerprint density at radius 2 is 2.00 bits per heavy atom. The van der Waals surface area contributed by atoms with Crippen molar-refractivity contribution in [1.29, 1.82) is 0 Å². The molecular formula is C20H19F2N3O3S. The second kappa shape index (κ2) is 7.55. The molecule has 1 aliphatic heterocycles. The van der Waals surface area contributed by atoms with Crippen LogP contribution in [-0.2, 0) is 11.3 Å². The van der Waals surface area contributed by atoms with E-state index >= 15 is 0 Å². The van der Waals surface area contributed by atoms with Crippen LogP contribution in [0.1, 0.15) is 26.2 Å². The molecule has 0 radical (unpaired) electrons. The zero-order valence-corrected chi connectivity index (χ0v) is 16.5. The van der Waals surface area contributed by atoms with Crippen molar-refractivity contribution in [2.24, 2.45) is 0 Å². The predicted molar refractivity (Wildman–Crippen MR) is 107 cm³/mol. The van der Waals surface area contributed by atoms with E-state index in [1.54, 1.807) is 16.3 Å². The molecule has 2 aromatic heterocycles. The number of carbonyl (C=O) groups excluding carboxylic acids is 1. The highest BCUT2D eigenvalue weighted by atomic mass is 32.1. The fourth-order valence-electron chi connectivity index (χ4n) is 3.81. The molecule has 0 aliphatic carbocycles. The van der Waals surface area contributed by atoms with Gasteiger partial charge in [0.05, 0.1) is 11.2 Å². The van der Waals surface area contributed by atoms with Gasteiger partial charge in [0.1, 0.15) is 22.9 Å². The van der Waals surface area contributed by atoms with E-state index in [0.717, 1.165) is 42.7 Å². The highest BCUT2D eigenvalue weighted by Crippen LogP contribution is 2.20. The lowest BCUT2D eigenvalue weighted by Gasteiger charge is -2.33. The lowest BCUT2D eigenvalue weighted by atomic mass is 10.0. The summed E-state index contributed by atoms with van der Waals surface area (Å²) < 4.78 is 29.7. The minimum Gasteiger partial charge on any atom is -0.338 e. The fourth-order valence-corrected chi connectivity index (χ4v) is 4.63. The maximum Gasteiger partial charge on any atom is 0.336 e. The Balaban J connectivity index is 1.86. The summed E-state index contributed by atoms with van der Waals surface area (Å²) >= 11 is 1.10. The van der Waals surface area contributed by atoms with E-state index in [4.69, 9.17) is 0 Å². The van der Waals surface area contributed by atoms with E-state index < -0.39 is 22.9 Å². The van der Waals surface area contributed by atoms with Crippen molar-refractivity contribution < 1.29 is 13.6 Å². The van der Waals surface area contributed by atoms with Crippen molar-refractivity contribution in [3.8, 4) is 5.69 Å². The summed E-state index contributed by atoms with van der Waals surface area (Å²) in [6, 6.07) is 4.32. The van der Waals surface area contributed by atoms with E-state index in [1.165, 1.54) is 4.57 Å².